The number of para-hydroxylation sites is 1. The third kappa shape index (κ3) is 7.33. The molecule has 1 aliphatic rings. The number of hydrogen-bond donors (Lipinski definition) is 4. The number of nitrogens with zero attached hydrogens (tertiary/aromatic N) is 1. The highest BCUT2D eigenvalue weighted by atomic mass is 31.2. The summed E-state index contributed by atoms with van der Waals surface area (Å²) in [5, 5.41) is 23.2. The highest BCUT2D eigenvalue weighted by Crippen LogP contribution is 2.46. The van der Waals surface area contributed by atoms with Gasteiger partial charge in [-0.25, -0.2) is 9.36 Å². The molecule has 2 heterocycles. The summed E-state index contributed by atoms with van der Waals surface area (Å²) in [5.74, 6) is -1.46. The molecule has 40 heavy (non-hydrogen) atoms. The Kier molecular flexibility index (Phi) is 9.69. The van der Waals surface area contributed by atoms with Crippen LogP contribution in [0.5, 0.6) is 5.75 Å². The number of ether oxygens (including phenoxy) is 2. The van der Waals surface area contributed by atoms with Crippen LogP contribution in [-0.4, -0.2) is 57.2 Å². The Labute approximate surface area is 228 Å². The van der Waals surface area contributed by atoms with Gasteiger partial charge in [0.15, 0.2) is 6.23 Å². The van der Waals surface area contributed by atoms with E-state index in [2.05, 4.69) is 10.1 Å². The fourth-order valence-electron chi connectivity index (χ4n) is 4.06. The van der Waals surface area contributed by atoms with Crippen molar-refractivity contribution in [2.24, 2.45) is 5.92 Å². The molecule has 0 radical (unpaired) electrons. The first-order valence-electron chi connectivity index (χ1n) is 12.4. The molecule has 0 aliphatic carbocycles. The number of benzene rings is 2. The number of aliphatic hydroxyl groups excluding tert-OH is 2. The summed E-state index contributed by atoms with van der Waals surface area (Å²) in [7, 11) is -4.27. The van der Waals surface area contributed by atoms with E-state index in [1.807, 2.05) is 6.07 Å². The predicted octanol–water partition coefficient (Wildman–Crippen LogP) is 1.33. The minimum absolute atomic E-state index is 0.00782. The van der Waals surface area contributed by atoms with E-state index < -0.39 is 68.6 Å². The smallest absolute Gasteiger partial charge is 0.459 e. The maximum absolute atomic E-state index is 13.8. The van der Waals surface area contributed by atoms with Gasteiger partial charge >= 0.3 is 19.4 Å². The number of aliphatic hydroxyl groups is 2. The third-order valence-corrected chi connectivity index (χ3v) is 7.81. The molecule has 4 N–H and O–H groups in total. The van der Waals surface area contributed by atoms with Gasteiger partial charge in [-0.1, -0.05) is 48.5 Å². The summed E-state index contributed by atoms with van der Waals surface area (Å²) in [5.41, 5.74) is -0.683. The second-order valence-corrected chi connectivity index (χ2v) is 10.8. The summed E-state index contributed by atoms with van der Waals surface area (Å²) >= 11 is 0. The Morgan fingerprint density at radius 2 is 1.80 bits per heavy atom. The van der Waals surface area contributed by atoms with E-state index in [1.165, 1.54) is 6.92 Å². The molecule has 0 saturated carbocycles. The number of carbonyl (C=O) groups is 1. The van der Waals surface area contributed by atoms with Crippen LogP contribution >= 0.6 is 7.75 Å². The van der Waals surface area contributed by atoms with Gasteiger partial charge in [0.1, 0.15) is 24.5 Å². The van der Waals surface area contributed by atoms with Crippen molar-refractivity contribution in [3.63, 3.8) is 0 Å². The maximum Gasteiger partial charge on any atom is 0.459 e. The van der Waals surface area contributed by atoms with E-state index in [0.717, 1.165) is 22.4 Å². The lowest BCUT2D eigenvalue weighted by atomic mass is 9.99. The first-order valence-corrected chi connectivity index (χ1v) is 14.0. The molecule has 3 aromatic rings. The van der Waals surface area contributed by atoms with E-state index in [9.17, 15) is 29.2 Å². The zero-order valence-electron chi connectivity index (χ0n) is 21.5. The van der Waals surface area contributed by atoms with Crippen LogP contribution in [0.2, 0.25) is 0 Å². The van der Waals surface area contributed by atoms with Crippen LogP contribution in [-0.2, 0) is 30.0 Å². The number of nitrogens with one attached hydrogen (secondary N) is 2. The Morgan fingerprint density at radius 3 is 2.45 bits per heavy atom. The Balaban J connectivity index is 1.47. The minimum Gasteiger partial charge on any atom is -0.460 e. The van der Waals surface area contributed by atoms with Crippen LogP contribution in [0.1, 0.15) is 18.7 Å². The molecule has 214 valence electrons. The van der Waals surface area contributed by atoms with Crippen LogP contribution in [0.3, 0.4) is 0 Å². The second-order valence-electron chi connectivity index (χ2n) is 9.06. The molecule has 1 aromatic heterocycles. The highest BCUT2D eigenvalue weighted by Gasteiger charge is 2.46. The third-order valence-electron chi connectivity index (χ3n) is 6.17. The van der Waals surface area contributed by atoms with Crippen molar-refractivity contribution in [3.8, 4) is 5.75 Å². The summed E-state index contributed by atoms with van der Waals surface area (Å²) < 4.78 is 37.1. The van der Waals surface area contributed by atoms with Gasteiger partial charge in [0.2, 0.25) is 0 Å². The van der Waals surface area contributed by atoms with E-state index in [1.54, 1.807) is 54.6 Å². The normalized spacial score (nSPS) is 22.8. The van der Waals surface area contributed by atoms with Gasteiger partial charge in [-0.05, 0) is 24.6 Å². The van der Waals surface area contributed by atoms with Crippen molar-refractivity contribution >= 4 is 13.7 Å². The molecule has 1 saturated heterocycles. The average molecular weight is 576 g/mol. The van der Waals surface area contributed by atoms with E-state index in [-0.39, 0.29) is 12.4 Å². The molecule has 1 fully saturated rings. The lowest BCUT2D eigenvalue weighted by Gasteiger charge is -2.25. The van der Waals surface area contributed by atoms with E-state index in [0.29, 0.717) is 0 Å². The molecule has 1 aliphatic heterocycles. The second kappa shape index (κ2) is 13.2. The van der Waals surface area contributed by atoms with Crippen LogP contribution in [0, 0.1) is 5.92 Å². The maximum atomic E-state index is 13.8. The van der Waals surface area contributed by atoms with Gasteiger partial charge in [-0.3, -0.25) is 23.7 Å². The largest absolute Gasteiger partial charge is 0.460 e. The number of aromatic nitrogens is 2. The molecule has 2 aromatic carbocycles. The summed E-state index contributed by atoms with van der Waals surface area (Å²) in [6.45, 7) is 0.430. The van der Waals surface area contributed by atoms with Crippen molar-refractivity contribution in [2.45, 2.75) is 38.0 Å². The van der Waals surface area contributed by atoms with Gasteiger partial charge in [0, 0.05) is 18.2 Å². The van der Waals surface area contributed by atoms with Gasteiger partial charge in [0.25, 0.3) is 5.56 Å². The van der Waals surface area contributed by atoms with Gasteiger partial charge in [0.05, 0.1) is 19.3 Å². The number of carbonyl (C=O) groups excluding carboxylic acids is 1. The summed E-state index contributed by atoms with van der Waals surface area (Å²) in [6.07, 6.45) is -2.51. The average Bonchev–Trinajstić information content (AvgIpc) is 3.26. The van der Waals surface area contributed by atoms with Crippen molar-refractivity contribution < 1.29 is 38.1 Å². The quantitative estimate of drug-likeness (QED) is 0.181. The Bertz CT molecular complexity index is 1430. The first kappa shape index (κ1) is 29.4. The SMILES string of the molecule is CC(NP(=O)(OCC1OC(n2ccc(=O)[nH]c2=O)C(O)C1CO)Oc1ccccc1)C(=O)OCc1ccccc1. The number of rotatable bonds is 12. The van der Waals surface area contributed by atoms with Crippen LogP contribution in [0.15, 0.2) is 82.5 Å². The van der Waals surface area contributed by atoms with E-state index in [4.69, 9.17) is 18.5 Å². The van der Waals surface area contributed by atoms with Gasteiger partial charge in [-0.2, -0.15) is 5.09 Å². The molecule has 0 bridgehead atoms. The molecule has 13 nitrogen and oxygen atoms in total. The van der Waals surface area contributed by atoms with Crippen molar-refractivity contribution in [3.05, 3.63) is 99.3 Å². The Morgan fingerprint density at radius 1 is 1.12 bits per heavy atom. The lowest BCUT2D eigenvalue weighted by molar-refractivity contribution is -0.146. The number of aromatic amines is 1. The molecular formula is C26H30N3O10P. The molecule has 0 amide bonds. The van der Waals surface area contributed by atoms with Crippen molar-refractivity contribution in [2.75, 3.05) is 13.2 Å². The minimum atomic E-state index is -4.27. The fraction of sp³-hybridized carbons (Fsp3) is 0.346. The van der Waals surface area contributed by atoms with Crippen LogP contribution in [0.25, 0.3) is 0 Å². The fourth-order valence-corrected chi connectivity index (χ4v) is 5.57. The van der Waals surface area contributed by atoms with E-state index >= 15 is 0 Å². The number of esters is 1. The first-order chi connectivity index (χ1) is 19.2. The number of hydrogen-bond acceptors (Lipinski definition) is 10. The predicted molar refractivity (Wildman–Crippen MR) is 141 cm³/mol. The lowest BCUT2D eigenvalue weighted by Crippen LogP contribution is -2.37. The van der Waals surface area contributed by atoms with Crippen LogP contribution in [0.4, 0.5) is 0 Å². The molecule has 6 unspecified atom stereocenters. The zero-order valence-corrected chi connectivity index (χ0v) is 22.4. The number of H-pyrrole nitrogens is 1. The summed E-state index contributed by atoms with van der Waals surface area (Å²) in [4.78, 5) is 38.4. The van der Waals surface area contributed by atoms with Crippen molar-refractivity contribution in [1.82, 2.24) is 14.6 Å². The topological polar surface area (TPSA) is 178 Å². The molecule has 6 atom stereocenters. The molecule has 0 spiro atoms. The molecule has 14 heteroatoms. The van der Waals surface area contributed by atoms with Crippen molar-refractivity contribution in [1.29, 1.82) is 0 Å². The zero-order chi connectivity index (χ0) is 28.7. The monoisotopic (exact) mass is 575 g/mol. The standard InChI is InChI=1S/C26H30N3O10P/c1-17(25(33)36-15-18-8-4-2-5-9-18)28-40(35,39-19-10-6-3-7-11-19)37-16-21-20(14-30)23(32)24(38-21)29-13-12-22(31)27-26(29)34/h2-13,17,20-21,23-24,30,32H,14-16H2,1H3,(H,28,35)(H,27,31,34). The highest BCUT2D eigenvalue weighted by molar-refractivity contribution is 7.52. The Hall–Kier alpha value is -3.58. The molecular weight excluding hydrogens is 545 g/mol. The van der Waals surface area contributed by atoms with Crippen LogP contribution < -0.4 is 20.9 Å². The summed E-state index contributed by atoms with van der Waals surface area (Å²) in [6, 6.07) is 17.1. The van der Waals surface area contributed by atoms with Gasteiger partial charge in [-0.15, -0.1) is 0 Å². The molecule has 4 rings (SSSR count). The van der Waals surface area contributed by atoms with Gasteiger partial charge < -0.3 is 24.2 Å².